The third-order valence-corrected chi connectivity index (χ3v) is 6.54. The largest absolute Gasteiger partial charge is 0.336 e. The van der Waals surface area contributed by atoms with Gasteiger partial charge in [0.15, 0.2) is 0 Å². The summed E-state index contributed by atoms with van der Waals surface area (Å²) in [6.45, 7) is 4.74. The lowest BCUT2D eigenvalue weighted by atomic mass is 9.97. The van der Waals surface area contributed by atoms with Gasteiger partial charge in [-0.15, -0.1) is 0 Å². The molecular formula is C27H23ClN2O2. The molecule has 0 saturated carbocycles. The van der Waals surface area contributed by atoms with Crippen LogP contribution in [0.2, 0.25) is 5.02 Å². The van der Waals surface area contributed by atoms with Gasteiger partial charge in [-0.3, -0.25) is 9.59 Å². The van der Waals surface area contributed by atoms with Crippen LogP contribution in [0.15, 0.2) is 72.4 Å². The van der Waals surface area contributed by atoms with Gasteiger partial charge in [0.1, 0.15) is 5.70 Å². The fraction of sp³-hybridized carbons (Fsp3) is 0.185. The number of hydrogen-bond acceptors (Lipinski definition) is 3. The fourth-order valence-corrected chi connectivity index (χ4v) is 4.73. The predicted octanol–water partition coefficient (Wildman–Crippen LogP) is 5.69. The van der Waals surface area contributed by atoms with Crippen molar-refractivity contribution in [1.82, 2.24) is 0 Å². The van der Waals surface area contributed by atoms with Crippen molar-refractivity contribution >= 4 is 40.4 Å². The molecule has 0 fully saturated rings. The zero-order valence-electron chi connectivity index (χ0n) is 18.1. The number of halogens is 1. The molecule has 3 aromatic rings. The SMILES string of the molecule is Cc1ccc(C2=C(N3CCCc4ccccc43)C(=O)N(c3cccc(Cl)c3)C2=O)cc1C. The van der Waals surface area contributed by atoms with Crippen molar-refractivity contribution in [3.05, 3.63) is 99.7 Å². The monoisotopic (exact) mass is 442 g/mol. The summed E-state index contributed by atoms with van der Waals surface area (Å²) in [5.41, 5.74) is 6.51. The van der Waals surface area contributed by atoms with Gasteiger partial charge in [0.25, 0.3) is 11.8 Å². The number of para-hydroxylation sites is 1. The maximum Gasteiger partial charge on any atom is 0.282 e. The van der Waals surface area contributed by atoms with E-state index in [1.54, 1.807) is 24.3 Å². The minimum Gasteiger partial charge on any atom is -0.336 e. The Morgan fingerprint density at radius 1 is 0.844 bits per heavy atom. The van der Waals surface area contributed by atoms with Crippen LogP contribution in [0.25, 0.3) is 5.57 Å². The number of anilines is 2. The molecule has 2 amide bonds. The van der Waals surface area contributed by atoms with E-state index < -0.39 is 0 Å². The van der Waals surface area contributed by atoms with Crippen LogP contribution in [-0.4, -0.2) is 18.4 Å². The van der Waals surface area contributed by atoms with E-state index in [2.05, 4.69) is 6.07 Å². The smallest absolute Gasteiger partial charge is 0.282 e. The van der Waals surface area contributed by atoms with Crippen LogP contribution in [-0.2, 0) is 16.0 Å². The fourth-order valence-electron chi connectivity index (χ4n) is 4.54. The van der Waals surface area contributed by atoms with E-state index in [4.69, 9.17) is 11.6 Å². The predicted molar refractivity (Wildman–Crippen MR) is 129 cm³/mol. The zero-order chi connectivity index (χ0) is 22.4. The Morgan fingerprint density at radius 3 is 2.44 bits per heavy atom. The van der Waals surface area contributed by atoms with Crippen molar-refractivity contribution in [2.24, 2.45) is 0 Å². The summed E-state index contributed by atoms with van der Waals surface area (Å²) in [4.78, 5) is 30.9. The van der Waals surface area contributed by atoms with Gasteiger partial charge in [-0.2, -0.15) is 0 Å². The first-order valence-corrected chi connectivity index (χ1v) is 11.1. The molecule has 0 saturated heterocycles. The molecule has 3 aromatic carbocycles. The second kappa shape index (κ2) is 7.95. The standard InChI is InChI=1S/C27H23ClN2O2/c1-17-12-13-20(15-18(17)2)24-25(29-14-6-8-19-7-3-4-11-23(19)29)27(32)30(26(24)31)22-10-5-9-21(28)16-22/h3-5,7,9-13,15-16H,6,8,14H2,1-2H3. The van der Waals surface area contributed by atoms with Crippen molar-refractivity contribution in [2.45, 2.75) is 26.7 Å². The summed E-state index contributed by atoms with van der Waals surface area (Å²) in [5, 5.41) is 0.479. The van der Waals surface area contributed by atoms with Gasteiger partial charge in [-0.05, 0) is 73.2 Å². The lowest BCUT2D eigenvalue weighted by molar-refractivity contribution is -0.120. The van der Waals surface area contributed by atoms with Crippen molar-refractivity contribution in [3.63, 3.8) is 0 Å². The Labute approximate surface area is 192 Å². The number of hydrogen-bond donors (Lipinski definition) is 0. The van der Waals surface area contributed by atoms with Crippen molar-refractivity contribution in [3.8, 4) is 0 Å². The van der Waals surface area contributed by atoms with Crippen LogP contribution >= 0.6 is 11.6 Å². The molecular weight excluding hydrogens is 420 g/mol. The first-order chi connectivity index (χ1) is 15.5. The third-order valence-electron chi connectivity index (χ3n) is 6.30. The van der Waals surface area contributed by atoms with Crippen LogP contribution in [0.4, 0.5) is 11.4 Å². The summed E-state index contributed by atoms with van der Waals surface area (Å²) < 4.78 is 0. The average Bonchev–Trinajstić information content (AvgIpc) is 3.05. The van der Waals surface area contributed by atoms with Crippen LogP contribution in [0.5, 0.6) is 0 Å². The second-order valence-electron chi connectivity index (χ2n) is 8.33. The van der Waals surface area contributed by atoms with Crippen LogP contribution < -0.4 is 9.80 Å². The van der Waals surface area contributed by atoms with Gasteiger partial charge < -0.3 is 4.90 Å². The van der Waals surface area contributed by atoms with E-state index >= 15 is 0 Å². The molecule has 160 valence electrons. The number of amides is 2. The van der Waals surface area contributed by atoms with Crippen LogP contribution in [0.1, 0.15) is 28.7 Å². The quantitative estimate of drug-likeness (QED) is 0.489. The minimum absolute atomic E-state index is 0.317. The maximum atomic E-state index is 13.8. The van der Waals surface area contributed by atoms with E-state index in [0.29, 0.717) is 28.5 Å². The van der Waals surface area contributed by atoms with E-state index in [9.17, 15) is 9.59 Å². The lowest BCUT2D eigenvalue weighted by Gasteiger charge is -2.32. The first kappa shape index (κ1) is 20.5. The molecule has 32 heavy (non-hydrogen) atoms. The van der Waals surface area contributed by atoms with Gasteiger partial charge in [0, 0.05) is 17.3 Å². The van der Waals surface area contributed by atoms with Gasteiger partial charge in [0.2, 0.25) is 0 Å². The molecule has 0 atom stereocenters. The number of carbonyl (C=O) groups excluding carboxylic acids is 2. The molecule has 4 nitrogen and oxygen atoms in total. The molecule has 2 aliphatic rings. The number of rotatable bonds is 3. The molecule has 0 aromatic heterocycles. The van der Waals surface area contributed by atoms with E-state index in [-0.39, 0.29) is 11.8 Å². The summed E-state index contributed by atoms with van der Waals surface area (Å²) in [5.74, 6) is -0.638. The maximum absolute atomic E-state index is 13.8. The van der Waals surface area contributed by atoms with Crippen LogP contribution in [0.3, 0.4) is 0 Å². The first-order valence-electron chi connectivity index (χ1n) is 10.8. The average molecular weight is 443 g/mol. The number of fused-ring (bicyclic) bond motifs is 1. The number of benzene rings is 3. The van der Waals surface area contributed by atoms with Crippen molar-refractivity contribution in [2.75, 3.05) is 16.3 Å². The topological polar surface area (TPSA) is 40.6 Å². The highest BCUT2D eigenvalue weighted by atomic mass is 35.5. The molecule has 0 spiro atoms. The van der Waals surface area contributed by atoms with Gasteiger partial charge in [-0.1, -0.05) is 54.1 Å². The molecule has 5 rings (SSSR count). The second-order valence-corrected chi connectivity index (χ2v) is 8.77. The highest BCUT2D eigenvalue weighted by Crippen LogP contribution is 2.40. The summed E-state index contributed by atoms with van der Waals surface area (Å²) in [7, 11) is 0. The molecule has 2 heterocycles. The molecule has 0 aliphatic carbocycles. The Kier molecular flexibility index (Phi) is 5.10. The third kappa shape index (κ3) is 3.32. The Hall–Kier alpha value is -3.37. The van der Waals surface area contributed by atoms with Gasteiger partial charge in [0.05, 0.1) is 11.3 Å². The minimum atomic E-state index is -0.321. The summed E-state index contributed by atoms with van der Waals surface area (Å²) in [6.07, 6.45) is 1.87. The highest BCUT2D eigenvalue weighted by molar-refractivity contribution is 6.46. The molecule has 0 bridgehead atoms. The zero-order valence-corrected chi connectivity index (χ0v) is 18.8. The van der Waals surface area contributed by atoms with Gasteiger partial charge >= 0.3 is 0 Å². The lowest BCUT2D eigenvalue weighted by Crippen LogP contribution is -2.37. The Balaban J connectivity index is 1.72. The van der Waals surface area contributed by atoms with E-state index in [1.165, 1.54) is 10.5 Å². The van der Waals surface area contributed by atoms with Gasteiger partial charge in [-0.25, -0.2) is 4.90 Å². The Morgan fingerprint density at radius 2 is 1.66 bits per heavy atom. The number of nitrogens with zero attached hydrogens (tertiary/aromatic N) is 2. The van der Waals surface area contributed by atoms with E-state index in [1.807, 2.05) is 55.1 Å². The Bertz CT molecular complexity index is 1290. The highest BCUT2D eigenvalue weighted by Gasteiger charge is 2.43. The van der Waals surface area contributed by atoms with E-state index in [0.717, 1.165) is 35.2 Å². The number of carbonyl (C=O) groups is 2. The van der Waals surface area contributed by atoms with Crippen molar-refractivity contribution < 1.29 is 9.59 Å². The number of imide groups is 1. The summed E-state index contributed by atoms with van der Waals surface area (Å²) in [6, 6.07) is 20.9. The molecule has 2 aliphatic heterocycles. The van der Waals surface area contributed by atoms with Crippen LogP contribution in [0, 0.1) is 13.8 Å². The summed E-state index contributed by atoms with van der Waals surface area (Å²) >= 11 is 6.19. The van der Waals surface area contributed by atoms with Crippen molar-refractivity contribution in [1.29, 1.82) is 0 Å². The number of aryl methyl sites for hydroxylation is 3. The molecule has 0 N–H and O–H groups in total. The molecule has 5 heteroatoms. The molecule has 0 radical (unpaired) electrons. The normalized spacial score (nSPS) is 16.1. The molecule has 0 unspecified atom stereocenters.